The molecule has 0 saturated heterocycles. The van der Waals surface area contributed by atoms with Crippen LogP contribution >= 0.6 is 0 Å². The van der Waals surface area contributed by atoms with Crippen molar-refractivity contribution < 1.29 is 9.47 Å². The highest BCUT2D eigenvalue weighted by Crippen LogP contribution is 2.31. The van der Waals surface area contributed by atoms with Crippen LogP contribution in [-0.2, 0) is 0 Å². The second kappa shape index (κ2) is 8.01. The Morgan fingerprint density at radius 1 is 1.00 bits per heavy atom. The van der Waals surface area contributed by atoms with Gasteiger partial charge in [-0.05, 0) is 38.5 Å². The summed E-state index contributed by atoms with van der Waals surface area (Å²) in [4.78, 5) is 4.56. The number of nitrogens with zero attached hydrogens (tertiary/aromatic N) is 2. The lowest BCUT2D eigenvalue weighted by atomic mass is 10.1. The van der Waals surface area contributed by atoms with E-state index in [-0.39, 0.29) is 0 Å². The van der Waals surface area contributed by atoms with Gasteiger partial charge in [0.05, 0.1) is 19.3 Å². The van der Waals surface area contributed by atoms with Gasteiger partial charge in [-0.1, -0.05) is 35.9 Å². The molecule has 2 aromatic carbocycles. The van der Waals surface area contributed by atoms with Gasteiger partial charge >= 0.3 is 0 Å². The SMILES string of the molecule is CCOc1ccc([C@H](N)c2nc(-c3ccc(C)cc3)n[nH]2)cc1OCC. The van der Waals surface area contributed by atoms with E-state index in [0.29, 0.717) is 36.4 Å². The Balaban J connectivity index is 1.86. The molecule has 0 amide bonds. The van der Waals surface area contributed by atoms with E-state index in [1.54, 1.807) is 0 Å². The summed E-state index contributed by atoms with van der Waals surface area (Å²) >= 11 is 0. The predicted molar refractivity (Wildman–Crippen MR) is 101 cm³/mol. The summed E-state index contributed by atoms with van der Waals surface area (Å²) in [6, 6.07) is 13.3. The number of H-pyrrole nitrogens is 1. The van der Waals surface area contributed by atoms with Gasteiger partial charge in [0.25, 0.3) is 0 Å². The molecule has 6 heteroatoms. The number of ether oxygens (including phenoxy) is 2. The van der Waals surface area contributed by atoms with Crippen LogP contribution in [0.15, 0.2) is 42.5 Å². The zero-order valence-corrected chi connectivity index (χ0v) is 15.3. The van der Waals surface area contributed by atoms with Crippen LogP contribution in [0.4, 0.5) is 0 Å². The largest absolute Gasteiger partial charge is 0.490 e. The lowest BCUT2D eigenvalue weighted by molar-refractivity contribution is 0.287. The quantitative estimate of drug-likeness (QED) is 0.678. The van der Waals surface area contributed by atoms with E-state index in [4.69, 9.17) is 15.2 Å². The van der Waals surface area contributed by atoms with Gasteiger partial charge in [0.1, 0.15) is 5.82 Å². The summed E-state index contributed by atoms with van der Waals surface area (Å²) in [7, 11) is 0. The molecule has 0 bridgehead atoms. The lowest BCUT2D eigenvalue weighted by Crippen LogP contribution is -2.14. The fourth-order valence-corrected chi connectivity index (χ4v) is 2.66. The van der Waals surface area contributed by atoms with Crippen LogP contribution in [0.5, 0.6) is 11.5 Å². The van der Waals surface area contributed by atoms with Crippen molar-refractivity contribution in [1.29, 1.82) is 0 Å². The van der Waals surface area contributed by atoms with E-state index in [9.17, 15) is 0 Å². The number of hydrogen-bond donors (Lipinski definition) is 2. The maximum atomic E-state index is 6.39. The first-order valence-corrected chi connectivity index (χ1v) is 8.76. The molecule has 0 aliphatic heterocycles. The second-order valence-corrected chi connectivity index (χ2v) is 5.96. The van der Waals surface area contributed by atoms with Gasteiger partial charge < -0.3 is 15.2 Å². The summed E-state index contributed by atoms with van der Waals surface area (Å²) in [5, 5.41) is 7.25. The summed E-state index contributed by atoms with van der Waals surface area (Å²) in [6.07, 6.45) is 0. The molecule has 1 atom stereocenters. The topological polar surface area (TPSA) is 86.0 Å². The number of rotatable bonds is 7. The summed E-state index contributed by atoms with van der Waals surface area (Å²) in [5.41, 5.74) is 9.41. The third kappa shape index (κ3) is 3.86. The van der Waals surface area contributed by atoms with E-state index < -0.39 is 6.04 Å². The molecule has 6 nitrogen and oxygen atoms in total. The van der Waals surface area contributed by atoms with Crippen LogP contribution < -0.4 is 15.2 Å². The van der Waals surface area contributed by atoms with Crippen LogP contribution in [0, 0.1) is 6.92 Å². The predicted octanol–water partition coefficient (Wildman–Crippen LogP) is 3.63. The first kappa shape index (κ1) is 17.9. The number of aryl methyl sites for hydroxylation is 1. The number of aromatic amines is 1. The van der Waals surface area contributed by atoms with Crippen molar-refractivity contribution in [2.75, 3.05) is 13.2 Å². The summed E-state index contributed by atoms with van der Waals surface area (Å²) in [5.74, 6) is 2.63. The van der Waals surface area contributed by atoms with E-state index in [2.05, 4.69) is 15.2 Å². The molecule has 0 spiro atoms. The van der Waals surface area contributed by atoms with E-state index in [1.165, 1.54) is 5.56 Å². The zero-order valence-electron chi connectivity index (χ0n) is 15.3. The average molecular weight is 352 g/mol. The summed E-state index contributed by atoms with van der Waals surface area (Å²) in [6.45, 7) is 7.06. The van der Waals surface area contributed by atoms with Crippen molar-refractivity contribution in [3.05, 3.63) is 59.4 Å². The van der Waals surface area contributed by atoms with Crippen molar-refractivity contribution >= 4 is 0 Å². The minimum Gasteiger partial charge on any atom is -0.490 e. The minimum atomic E-state index is -0.434. The van der Waals surface area contributed by atoms with Gasteiger partial charge in [0, 0.05) is 5.56 Å². The molecule has 3 N–H and O–H groups in total. The highest BCUT2D eigenvalue weighted by atomic mass is 16.5. The second-order valence-electron chi connectivity index (χ2n) is 5.96. The van der Waals surface area contributed by atoms with Crippen molar-refractivity contribution in [3.8, 4) is 22.9 Å². The third-order valence-electron chi connectivity index (χ3n) is 4.03. The molecule has 26 heavy (non-hydrogen) atoms. The molecule has 0 saturated carbocycles. The number of aromatic nitrogens is 3. The summed E-state index contributed by atoms with van der Waals surface area (Å²) < 4.78 is 11.3. The monoisotopic (exact) mass is 352 g/mol. The fourth-order valence-electron chi connectivity index (χ4n) is 2.66. The van der Waals surface area contributed by atoms with Gasteiger partial charge in [0.15, 0.2) is 17.3 Å². The smallest absolute Gasteiger partial charge is 0.181 e. The average Bonchev–Trinajstić information content (AvgIpc) is 3.13. The molecule has 0 aliphatic carbocycles. The standard InChI is InChI=1S/C20H24N4O2/c1-4-25-16-11-10-15(12-17(16)26-5-2)18(21)20-22-19(23-24-20)14-8-6-13(3)7-9-14/h6-12,18H,4-5,21H2,1-3H3,(H,22,23,24)/t18-/m0/s1. The third-order valence-corrected chi connectivity index (χ3v) is 4.03. The lowest BCUT2D eigenvalue weighted by Gasteiger charge is -2.14. The van der Waals surface area contributed by atoms with Crippen LogP contribution in [0.25, 0.3) is 11.4 Å². The van der Waals surface area contributed by atoms with E-state index >= 15 is 0 Å². The Morgan fingerprint density at radius 2 is 1.69 bits per heavy atom. The molecule has 0 radical (unpaired) electrons. The zero-order chi connectivity index (χ0) is 18.5. The Bertz CT molecular complexity index is 859. The van der Waals surface area contributed by atoms with E-state index in [0.717, 1.165) is 11.1 Å². The van der Waals surface area contributed by atoms with Crippen LogP contribution in [0.3, 0.4) is 0 Å². The van der Waals surface area contributed by atoms with Crippen molar-refractivity contribution in [2.45, 2.75) is 26.8 Å². The molecular weight excluding hydrogens is 328 g/mol. The van der Waals surface area contributed by atoms with Crippen LogP contribution in [0.2, 0.25) is 0 Å². The van der Waals surface area contributed by atoms with E-state index in [1.807, 2.05) is 63.2 Å². The normalized spacial score (nSPS) is 12.0. The first-order chi connectivity index (χ1) is 12.6. The van der Waals surface area contributed by atoms with Gasteiger partial charge in [0.2, 0.25) is 0 Å². The van der Waals surface area contributed by atoms with Gasteiger partial charge in [-0.15, -0.1) is 0 Å². The maximum Gasteiger partial charge on any atom is 0.181 e. The first-order valence-electron chi connectivity index (χ1n) is 8.76. The molecule has 136 valence electrons. The highest BCUT2D eigenvalue weighted by Gasteiger charge is 2.17. The molecule has 1 heterocycles. The Hall–Kier alpha value is -2.86. The molecule has 0 unspecified atom stereocenters. The maximum absolute atomic E-state index is 6.39. The Kier molecular flexibility index (Phi) is 5.53. The Morgan fingerprint density at radius 3 is 2.38 bits per heavy atom. The van der Waals surface area contributed by atoms with Gasteiger partial charge in [-0.2, -0.15) is 5.10 Å². The fraction of sp³-hybridized carbons (Fsp3) is 0.300. The highest BCUT2D eigenvalue weighted by molar-refractivity contribution is 5.55. The molecule has 1 aromatic heterocycles. The van der Waals surface area contributed by atoms with Crippen LogP contribution in [0.1, 0.15) is 36.8 Å². The minimum absolute atomic E-state index is 0.434. The van der Waals surface area contributed by atoms with Crippen molar-refractivity contribution in [3.63, 3.8) is 0 Å². The molecular formula is C20H24N4O2. The van der Waals surface area contributed by atoms with Crippen molar-refractivity contribution in [2.24, 2.45) is 5.73 Å². The molecule has 3 rings (SSSR count). The number of benzene rings is 2. The molecule has 0 aliphatic rings. The van der Waals surface area contributed by atoms with Gasteiger partial charge in [-0.25, -0.2) is 4.98 Å². The van der Waals surface area contributed by atoms with Crippen molar-refractivity contribution in [1.82, 2.24) is 15.2 Å². The molecule has 3 aromatic rings. The number of nitrogens with two attached hydrogens (primary N) is 1. The number of nitrogens with one attached hydrogen (secondary N) is 1. The number of hydrogen-bond acceptors (Lipinski definition) is 5. The molecule has 0 fully saturated rings. The van der Waals surface area contributed by atoms with Gasteiger partial charge in [-0.3, -0.25) is 5.10 Å². The Labute approximate surface area is 153 Å². The van der Waals surface area contributed by atoms with Crippen LogP contribution in [-0.4, -0.2) is 28.4 Å².